The van der Waals surface area contributed by atoms with Gasteiger partial charge in [0.1, 0.15) is 5.75 Å². The van der Waals surface area contributed by atoms with E-state index in [4.69, 9.17) is 4.74 Å². The van der Waals surface area contributed by atoms with E-state index in [0.29, 0.717) is 11.9 Å². The van der Waals surface area contributed by atoms with Crippen LogP contribution in [0, 0.1) is 6.92 Å². The molecule has 0 radical (unpaired) electrons. The maximum atomic E-state index is 11.9. The summed E-state index contributed by atoms with van der Waals surface area (Å²) < 4.78 is 7.23. The summed E-state index contributed by atoms with van der Waals surface area (Å²) in [6.07, 6.45) is 1.37. The van der Waals surface area contributed by atoms with Crippen LogP contribution in [0.3, 0.4) is 0 Å². The topological polar surface area (TPSA) is 44.1 Å². The maximum absolute atomic E-state index is 11.9. The molecular formula is C17H16N2O2. The average Bonchev–Trinajstić information content (AvgIpc) is 2.51. The molecule has 4 heteroatoms. The Balaban J connectivity index is 2.13. The molecule has 3 aromatic rings. The number of aromatic nitrogens is 2. The van der Waals surface area contributed by atoms with Crippen molar-refractivity contribution < 1.29 is 4.74 Å². The van der Waals surface area contributed by atoms with E-state index in [1.165, 1.54) is 6.20 Å². The van der Waals surface area contributed by atoms with Gasteiger partial charge in [-0.2, -0.15) is 5.10 Å². The molecule has 106 valence electrons. The summed E-state index contributed by atoms with van der Waals surface area (Å²) >= 11 is 0. The molecule has 0 unspecified atom stereocenters. The van der Waals surface area contributed by atoms with Crippen molar-refractivity contribution in [1.82, 2.24) is 9.78 Å². The average molecular weight is 280 g/mol. The minimum absolute atomic E-state index is 0.0574. The number of benzene rings is 2. The van der Waals surface area contributed by atoms with Gasteiger partial charge in [-0.15, -0.1) is 0 Å². The number of aryl methyl sites for hydroxylation is 1. The van der Waals surface area contributed by atoms with Crippen LogP contribution >= 0.6 is 0 Å². The third-order valence-electron chi connectivity index (χ3n) is 3.52. The highest BCUT2D eigenvalue weighted by Crippen LogP contribution is 2.21. The lowest BCUT2D eigenvalue weighted by Gasteiger charge is -2.13. The van der Waals surface area contributed by atoms with Crippen LogP contribution in [0.2, 0.25) is 0 Å². The highest BCUT2D eigenvalue weighted by atomic mass is 16.5. The summed E-state index contributed by atoms with van der Waals surface area (Å²) in [4.78, 5) is 11.9. The van der Waals surface area contributed by atoms with Gasteiger partial charge < -0.3 is 4.74 Å². The molecule has 21 heavy (non-hydrogen) atoms. The number of ether oxygens (including phenoxy) is 1. The number of para-hydroxylation sites is 1. The van der Waals surface area contributed by atoms with Crippen molar-refractivity contribution in [2.24, 2.45) is 0 Å². The molecular weight excluding hydrogens is 264 g/mol. The molecule has 0 spiro atoms. The second kappa shape index (κ2) is 5.40. The zero-order chi connectivity index (χ0) is 14.8. The first-order chi connectivity index (χ1) is 10.2. The normalized spacial score (nSPS) is 10.8. The number of rotatable bonds is 3. The lowest BCUT2D eigenvalue weighted by Crippen LogP contribution is -2.13. The van der Waals surface area contributed by atoms with E-state index >= 15 is 0 Å². The van der Waals surface area contributed by atoms with Gasteiger partial charge in [0.25, 0.3) is 0 Å². The maximum Gasteiger partial charge on any atom is 0.207 e. The Kier molecular flexibility index (Phi) is 3.44. The summed E-state index contributed by atoms with van der Waals surface area (Å²) in [5, 5.41) is 4.94. The molecule has 0 aliphatic heterocycles. The molecule has 0 saturated carbocycles. The summed E-state index contributed by atoms with van der Waals surface area (Å²) in [5.74, 6) is 0.824. The lowest BCUT2D eigenvalue weighted by molar-refractivity contribution is 0.407. The first-order valence-corrected chi connectivity index (χ1v) is 6.77. The highest BCUT2D eigenvalue weighted by Gasteiger charge is 2.08. The fourth-order valence-corrected chi connectivity index (χ4v) is 2.48. The number of methoxy groups -OCH3 is 1. The molecule has 0 saturated heterocycles. The number of nitrogens with zero attached hydrogens (tertiary/aromatic N) is 2. The molecule has 4 nitrogen and oxygen atoms in total. The summed E-state index contributed by atoms with van der Waals surface area (Å²) in [7, 11) is 1.66. The Labute approximate surface area is 122 Å². The van der Waals surface area contributed by atoms with Crippen LogP contribution in [-0.4, -0.2) is 16.9 Å². The molecule has 1 aromatic heterocycles. The molecule has 2 aromatic carbocycles. The first kappa shape index (κ1) is 13.4. The summed E-state index contributed by atoms with van der Waals surface area (Å²) in [5.41, 5.74) is 2.97. The van der Waals surface area contributed by atoms with Crippen molar-refractivity contribution in [3.63, 3.8) is 0 Å². The van der Waals surface area contributed by atoms with E-state index in [9.17, 15) is 4.79 Å². The van der Waals surface area contributed by atoms with Crippen molar-refractivity contribution in [3.05, 3.63) is 70.0 Å². The Bertz CT molecular complexity index is 853. The van der Waals surface area contributed by atoms with Crippen LogP contribution in [0.25, 0.3) is 10.9 Å². The zero-order valence-corrected chi connectivity index (χ0v) is 12.0. The van der Waals surface area contributed by atoms with E-state index in [-0.39, 0.29) is 5.43 Å². The Morgan fingerprint density at radius 2 is 2.00 bits per heavy atom. The molecule has 0 N–H and O–H groups in total. The molecule has 0 aliphatic carbocycles. The van der Waals surface area contributed by atoms with E-state index in [2.05, 4.69) is 11.2 Å². The van der Waals surface area contributed by atoms with Crippen LogP contribution in [0.4, 0.5) is 0 Å². The Morgan fingerprint density at radius 1 is 1.19 bits per heavy atom. The van der Waals surface area contributed by atoms with E-state index in [1.807, 2.05) is 48.0 Å². The Morgan fingerprint density at radius 3 is 2.81 bits per heavy atom. The third kappa shape index (κ3) is 2.52. The van der Waals surface area contributed by atoms with E-state index < -0.39 is 0 Å². The molecule has 0 atom stereocenters. The predicted molar refractivity (Wildman–Crippen MR) is 82.8 cm³/mol. The van der Waals surface area contributed by atoms with Crippen LogP contribution < -0.4 is 10.2 Å². The number of fused-ring (bicyclic) bond motifs is 1. The van der Waals surface area contributed by atoms with Gasteiger partial charge in [-0.05, 0) is 25.1 Å². The lowest BCUT2D eigenvalue weighted by atomic mass is 10.1. The standard InChI is InChI=1S/C17H16N2O2/c1-12-7-8-17(21-2)13(9-12)11-19-15-6-4-3-5-14(15)16(20)10-18-19/h3-10H,11H2,1-2H3. The minimum atomic E-state index is -0.0574. The van der Waals surface area contributed by atoms with Gasteiger partial charge in [-0.1, -0.05) is 29.8 Å². The van der Waals surface area contributed by atoms with Crippen LogP contribution in [0.15, 0.2) is 53.5 Å². The van der Waals surface area contributed by atoms with Crippen molar-refractivity contribution in [2.45, 2.75) is 13.5 Å². The predicted octanol–water partition coefficient (Wildman–Crippen LogP) is 2.76. The molecule has 1 heterocycles. The van der Waals surface area contributed by atoms with Gasteiger partial charge >= 0.3 is 0 Å². The van der Waals surface area contributed by atoms with Gasteiger partial charge in [0.05, 0.1) is 25.4 Å². The van der Waals surface area contributed by atoms with Gasteiger partial charge in [0, 0.05) is 10.9 Å². The van der Waals surface area contributed by atoms with Crippen molar-refractivity contribution in [2.75, 3.05) is 7.11 Å². The van der Waals surface area contributed by atoms with Crippen LogP contribution in [0.5, 0.6) is 5.75 Å². The van der Waals surface area contributed by atoms with Gasteiger partial charge in [0.15, 0.2) is 0 Å². The fourth-order valence-electron chi connectivity index (χ4n) is 2.48. The number of hydrogen-bond donors (Lipinski definition) is 0. The molecule has 0 amide bonds. The third-order valence-corrected chi connectivity index (χ3v) is 3.52. The molecule has 0 fully saturated rings. The number of hydrogen-bond acceptors (Lipinski definition) is 3. The first-order valence-electron chi connectivity index (χ1n) is 6.77. The van der Waals surface area contributed by atoms with E-state index in [0.717, 1.165) is 22.4 Å². The smallest absolute Gasteiger partial charge is 0.207 e. The van der Waals surface area contributed by atoms with Crippen molar-refractivity contribution in [3.8, 4) is 5.75 Å². The molecule has 0 bridgehead atoms. The van der Waals surface area contributed by atoms with Crippen molar-refractivity contribution in [1.29, 1.82) is 0 Å². The van der Waals surface area contributed by atoms with Gasteiger partial charge in [0.2, 0.25) is 5.43 Å². The quantitative estimate of drug-likeness (QED) is 0.741. The summed E-state index contributed by atoms with van der Waals surface area (Å²) in [6.45, 7) is 2.60. The van der Waals surface area contributed by atoms with Gasteiger partial charge in [-0.3, -0.25) is 9.48 Å². The molecule has 3 rings (SSSR count). The minimum Gasteiger partial charge on any atom is -0.496 e. The second-order valence-electron chi connectivity index (χ2n) is 5.00. The second-order valence-corrected chi connectivity index (χ2v) is 5.00. The van der Waals surface area contributed by atoms with Crippen LogP contribution in [0.1, 0.15) is 11.1 Å². The molecule has 0 aliphatic rings. The largest absolute Gasteiger partial charge is 0.496 e. The van der Waals surface area contributed by atoms with E-state index in [1.54, 1.807) is 7.11 Å². The highest BCUT2D eigenvalue weighted by molar-refractivity contribution is 5.78. The van der Waals surface area contributed by atoms with Crippen LogP contribution in [-0.2, 0) is 6.54 Å². The van der Waals surface area contributed by atoms with Crippen molar-refractivity contribution >= 4 is 10.9 Å². The monoisotopic (exact) mass is 280 g/mol. The summed E-state index contributed by atoms with van der Waals surface area (Å²) in [6, 6.07) is 13.5. The Hall–Kier alpha value is -2.62. The SMILES string of the molecule is COc1ccc(C)cc1Cn1ncc(=O)c2ccccc21. The van der Waals surface area contributed by atoms with Gasteiger partial charge in [-0.25, -0.2) is 0 Å². The zero-order valence-electron chi connectivity index (χ0n) is 12.0. The fraction of sp³-hybridized carbons (Fsp3) is 0.176.